The summed E-state index contributed by atoms with van der Waals surface area (Å²) in [4.78, 5) is 26.4. The zero-order valence-corrected chi connectivity index (χ0v) is 19.5. The molecule has 0 aromatic heterocycles. The van der Waals surface area contributed by atoms with Gasteiger partial charge in [-0.3, -0.25) is 4.79 Å². The Morgan fingerprint density at radius 2 is 1.91 bits per heavy atom. The van der Waals surface area contributed by atoms with Gasteiger partial charge in [-0.1, -0.05) is 52.9 Å². The first kappa shape index (κ1) is 21.9. The van der Waals surface area contributed by atoms with Crippen LogP contribution >= 0.6 is 15.9 Å². The molecule has 0 saturated carbocycles. The zero-order valence-electron chi connectivity index (χ0n) is 18.0. The number of ketones is 1. The summed E-state index contributed by atoms with van der Waals surface area (Å²) in [6, 6.07) is 11.0. The van der Waals surface area contributed by atoms with Crippen molar-refractivity contribution in [3.05, 3.63) is 87.1 Å². The van der Waals surface area contributed by atoms with Gasteiger partial charge in [0.05, 0.1) is 31.4 Å². The number of fused-ring (bicyclic) bond motifs is 2. The lowest BCUT2D eigenvalue weighted by molar-refractivity contribution is -0.136. The van der Waals surface area contributed by atoms with E-state index in [0.29, 0.717) is 56.2 Å². The Morgan fingerprint density at radius 3 is 2.56 bits per heavy atom. The third-order valence-electron chi connectivity index (χ3n) is 5.60. The third kappa shape index (κ3) is 3.42. The monoisotopic (exact) mass is 495 g/mol. The Morgan fingerprint density at radius 1 is 1.19 bits per heavy atom. The van der Waals surface area contributed by atoms with Crippen molar-refractivity contribution in [2.75, 3.05) is 20.8 Å². The first-order valence-electron chi connectivity index (χ1n) is 9.98. The van der Waals surface area contributed by atoms with Crippen molar-refractivity contribution in [2.24, 2.45) is 0 Å². The highest BCUT2D eigenvalue weighted by Gasteiger charge is 2.43. The molecule has 1 N–H and O–H groups in total. The number of ether oxygens (including phenoxy) is 3. The van der Waals surface area contributed by atoms with Crippen molar-refractivity contribution in [1.29, 1.82) is 0 Å². The lowest BCUT2D eigenvalue weighted by Crippen LogP contribution is -2.29. The number of carbonyl (C=O) groups is 2. The molecule has 164 valence electrons. The molecular formula is C25H22BrNO5. The predicted molar refractivity (Wildman–Crippen MR) is 125 cm³/mol. The maximum atomic E-state index is 13.5. The van der Waals surface area contributed by atoms with Crippen LogP contribution in [0.4, 0.5) is 0 Å². The summed E-state index contributed by atoms with van der Waals surface area (Å²) in [5, 5.41) is 3.27. The Hall–Kier alpha value is -3.32. The summed E-state index contributed by atoms with van der Waals surface area (Å²) in [7, 11) is 2.87. The number of halogens is 1. The second-order valence-electron chi connectivity index (χ2n) is 7.38. The van der Waals surface area contributed by atoms with Crippen LogP contribution in [0, 0.1) is 0 Å². The molecule has 1 aliphatic carbocycles. The van der Waals surface area contributed by atoms with Crippen LogP contribution in [0.2, 0.25) is 0 Å². The fourth-order valence-electron chi connectivity index (χ4n) is 4.21. The lowest BCUT2D eigenvalue weighted by Gasteiger charge is -2.30. The number of Topliss-reactive ketones (excluding diaryl/α,β-unsaturated/α-hetero) is 1. The van der Waals surface area contributed by atoms with Gasteiger partial charge in [-0.25, -0.2) is 4.79 Å². The van der Waals surface area contributed by atoms with Crippen molar-refractivity contribution >= 4 is 33.4 Å². The molecule has 2 aromatic carbocycles. The first-order chi connectivity index (χ1) is 15.4. The number of benzene rings is 2. The maximum Gasteiger partial charge on any atom is 0.336 e. The zero-order chi connectivity index (χ0) is 23.0. The minimum atomic E-state index is -0.657. The topological polar surface area (TPSA) is 73.9 Å². The first-order valence-corrected chi connectivity index (χ1v) is 10.8. The van der Waals surface area contributed by atoms with Crippen LogP contribution in [-0.4, -0.2) is 32.6 Å². The number of allylic oxidation sites excluding steroid dienone is 2. The van der Waals surface area contributed by atoms with E-state index in [1.165, 1.54) is 7.11 Å². The molecular weight excluding hydrogens is 474 g/mol. The third-order valence-corrected chi connectivity index (χ3v) is 6.29. The average molecular weight is 496 g/mol. The Kier molecular flexibility index (Phi) is 5.93. The summed E-state index contributed by atoms with van der Waals surface area (Å²) in [5.41, 5.74) is 4.32. The highest BCUT2D eigenvalue weighted by atomic mass is 79.9. The van der Waals surface area contributed by atoms with Crippen LogP contribution in [0.3, 0.4) is 0 Å². The van der Waals surface area contributed by atoms with Crippen LogP contribution in [-0.2, 0) is 9.53 Å². The molecule has 1 atom stereocenters. The molecule has 32 heavy (non-hydrogen) atoms. The van der Waals surface area contributed by atoms with Crippen LogP contribution in [0.15, 0.2) is 70.4 Å². The number of methoxy groups -OCH3 is 2. The molecule has 6 nitrogen and oxygen atoms in total. The summed E-state index contributed by atoms with van der Waals surface area (Å²) in [6.45, 7) is 5.79. The molecule has 0 saturated heterocycles. The number of rotatable bonds is 6. The average Bonchev–Trinajstić information content (AvgIpc) is 3.08. The minimum absolute atomic E-state index is 0.125. The molecule has 4 rings (SSSR count). The molecule has 0 unspecified atom stereocenters. The Bertz CT molecular complexity index is 1210. The molecule has 0 amide bonds. The van der Waals surface area contributed by atoms with Crippen LogP contribution < -0.4 is 14.8 Å². The highest BCUT2D eigenvalue weighted by Crippen LogP contribution is 2.49. The molecule has 1 aliphatic heterocycles. The van der Waals surface area contributed by atoms with Gasteiger partial charge in [0.15, 0.2) is 17.3 Å². The van der Waals surface area contributed by atoms with Gasteiger partial charge in [-0.2, -0.15) is 0 Å². The van der Waals surface area contributed by atoms with Gasteiger partial charge >= 0.3 is 5.97 Å². The fraction of sp³-hybridized carbons (Fsp3) is 0.200. The molecule has 0 bridgehead atoms. The molecule has 0 fully saturated rings. The number of hydrogen-bond acceptors (Lipinski definition) is 6. The standard InChI is InChI=1S/C25H22BrNO5/c1-5-10-32-19-12-17(26)16(11-18(19)30-3)21-20(25(29)31-4)13(2)27-23-14-8-6-7-9-15(14)24(28)22(21)23/h5-9,11-12,21,27H,1,10H2,2-4H3/t21-/m1/s1. The van der Waals surface area contributed by atoms with Gasteiger partial charge in [-0.15, -0.1) is 0 Å². The molecule has 7 heteroatoms. The van der Waals surface area contributed by atoms with Gasteiger partial charge in [0.2, 0.25) is 0 Å². The van der Waals surface area contributed by atoms with Crippen molar-refractivity contribution in [3.63, 3.8) is 0 Å². The Labute approximate surface area is 194 Å². The van der Waals surface area contributed by atoms with Crippen LogP contribution in [0.1, 0.15) is 34.3 Å². The van der Waals surface area contributed by atoms with Crippen molar-refractivity contribution in [2.45, 2.75) is 12.8 Å². The van der Waals surface area contributed by atoms with E-state index in [-0.39, 0.29) is 5.78 Å². The highest BCUT2D eigenvalue weighted by molar-refractivity contribution is 9.10. The van der Waals surface area contributed by atoms with Gasteiger partial charge in [0.1, 0.15) is 6.61 Å². The van der Waals surface area contributed by atoms with Crippen LogP contribution in [0.5, 0.6) is 11.5 Å². The van der Waals surface area contributed by atoms with E-state index < -0.39 is 11.9 Å². The predicted octanol–water partition coefficient (Wildman–Crippen LogP) is 4.76. The number of hydrogen-bond donors (Lipinski definition) is 1. The Balaban J connectivity index is 1.95. The van der Waals surface area contributed by atoms with Gasteiger partial charge in [0.25, 0.3) is 0 Å². The van der Waals surface area contributed by atoms with E-state index in [4.69, 9.17) is 14.2 Å². The normalized spacial score (nSPS) is 16.9. The van der Waals surface area contributed by atoms with Gasteiger partial charge in [0, 0.05) is 26.9 Å². The van der Waals surface area contributed by atoms with E-state index in [9.17, 15) is 9.59 Å². The number of carbonyl (C=O) groups excluding carboxylic acids is 2. The number of dihydropyridines is 1. The molecule has 0 spiro atoms. The summed E-state index contributed by atoms with van der Waals surface area (Å²) in [5.74, 6) is -0.286. The SMILES string of the molecule is C=CCOc1cc(Br)c([C@@H]2C(C(=O)OC)=C(C)NC3=C2C(=O)c2ccccc23)cc1OC. The van der Waals surface area contributed by atoms with E-state index >= 15 is 0 Å². The summed E-state index contributed by atoms with van der Waals surface area (Å²) >= 11 is 3.62. The largest absolute Gasteiger partial charge is 0.493 e. The smallest absolute Gasteiger partial charge is 0.336 e. The van der Waals surface area contributed by atoms with Crippen molar-refractivity contribution in [1.82, 2.24) is 5.32 Å². The van der Waals surface area contributed by atoms with Crippen molar-refractivity contribution in [3.8, 4) is 11.5 Å². The van der Waals surface area contributed by atoms with E-state index in [1.54, 1.807) is 38.3 Å². The number of nitrogens with one attached hydrogen (secondary N) is 1. The van der Waals surface area contributed by atoms with Crippen LogP contribution in [0.25, 0.3) is 5.70 Å². The van der Waals surface area contributed by atoms with E-state index in [1.807, 2.05) is 18.2 Å². The molecule has 0 radical (unpaired) electrons. The van der Waals surface area contributed by atoms with E-state index in [0.717, 1.165) is 5.56 Å². The van der Waals surface area contributed by atoms with Gasteiger partial charge in [-0.05, 0) is 24.6 Å². The van der Waals surface area contributed by atoms with Crippen molar-refractivity contribution < 1.29 is 23.8 Å². The maximum absolute atomic E-state index is 13.5. The quantitative estimate of drug-likeness (QED) is 0.459. The minimum Gasteiger partial charge on any atom is -0.493 e. The summed E-state index contributed by atoms with van der Waals surface area (Å²) in [6.07, 6.45) is 1.64. The molecule has 2 aliphatic rings. The summed E-state index contributed by atoms with van der Waals surface area (Å²) < 4.78 is 17.0. The molecule has 1 heterocycles. The second kappa shape index (κ2) is 8.67. The number of esters is 1. The lowest BCUT2D eigenvalue weighted by atomic mass is 9.79. The van der Waals surface area contributed by atoms with Gasteiger partial charge < -0.3 is 19.5 Å². The van der Waals surface area contributed by atoms with E-state index in [2.05, 4.69) is 27.8 Å². The second-order valence-corrected chi connectivity index (χ2v) is 8.23. The fourth-order valence-corrected chi connectivity index (χ4v) is 4.76. The molecule has 2 aromatic rings.